The number of nitrogens with zero attached hydrogens (tertiary/aromatic N) is 1. The van der Waals surface area contributed by atoms with Crippen LogP contribution in [0.3, 0.4) is 0 Å². The monoisotopic (exact) mass is 501 g/mol. The van der Waals surface area contributed by atoms with Crippen molar-refractivity contribution >= 4 is 34.5 Å². The summed E-state index contributed by atoms with van der Waals surface area (Å²) in [7, 11) is 0. The molecule has 1 aromatic heterocycles. The van der Waals surface area contributed by atoms with Gasteiger partial charge in [0.25, 0.3) is 5.91 Å². The average molecular weight is 502 g/mol. The topological polar surface area (TPSA) is 51.4 Å². The highest BCUT2D eigenvalue weighted by atomic mass is 35.5. The normalized spacial score (nSPS) is 10.8. The highest BCUT2D eigenvalue weighted by Crippen LogP contribution is 2.29. The zero-order chi connectivity index (χ0) is 24.2. The summed E-state index contributed by atoms with van der Waals surface area (Å²) in [6.07, 6.45) is 7.28. The number of aromatic nitrogens is 1. The lowest BCUT2D eigenvalue weighted by Gasteiger charge is -2.11. The third-order valence-corrected chi connectivity index (χ3v) is 6.62. The Morgan fingerprint density at radius 2 is 1.88 bits per heavy atom. The molecule has 0 spiro atoms. The fourth-order valence-electron chi connectivity index (χ4n) is 3.56. The number of anilines is 1. The van der Waals surface area contributed by atoms with Crippen LogP contribution in [0.1, 0.15) is 56.7 Å². The number of amides is 1. The van der Waals surface area contributed by atoms with Crippen molar-refractivity contribution in [2.24, 2.45) is 0 Å². The molecule has 0 saturated heterocycles. The smallest absolute Gasteiger partial charge is 0.262 e. The second-order valence-corrected chi connectivity index (χ2v) is 9.50. The zero-order valence-corrected chi connectivity index (χ0v) is 21.6. The Bertz CT molecular complexity index is 1050. The van der Waals surface area contributed by atoms with E-state index in [2.05, 4.69) is 34.6 Å². The summed E-state index contributed by atoms with van der Waals surface area (Å²) in [4.78, 5) is 12.4. The van der Waals surface area contributed by atoms with Crippen LogP contribution in [-0.4, -0.2) is 19.1 Å². The standard InChI is InChI=1S/C27H33ClN2O3S/c1-3-4-5-6-7-8-14-32-26-13-12-24(16-25(26)28)33-18-27(31)29-23-11-9-10-22(15-23)17-30-20-34-19-21(30)2/h9-13,15-16,19-20H,3-8,14,17-18H2,1-2H3/p+1. The molecule has 0 aliphatic heterocycles. The lowest BCUT2D eigenvalue weighted by molar-refractivity contribution is -0.689. The van der Waals surface area contributed by atoms with E-state index < -0.39 is 0 Å². The Morgan fingerprint density at radius 1 is 1.06 bits per heavy atom. The number of halogens is 1. The number of aryl methyl sites for hydroxylation is 1. The van der Waals surface area contributed by atoms with Crippen molar-refractivity contribution < 1.29 is 18.8 Å². The highest BCUT2D eigenvalue weighted by molar-refractivity contribution is 7.07. The van der Waals surface area contributed by atoms with E-state index in [-0.39, 0.29) is 12.5 Å². The maximum Gasteiger partial charge on any atom is 0.262 e. The molecule has 34 heavy (non-hydrogen) atoms. The molecular formula is C27H34ClN2O3S+. The van der Waals surface area contributed by atoms with Crippen molar-refractivity contribution in [1.29, 1.82) is 0 Å². The van der Waals surface area contributed by atoms with Gasteiger partial charge in [-0.25, -0.2) is 0 Å². The molecule has 1 N–H and O–H groups in total. The second-order valence-electron chi connectivity index (χ2n) is 8.37. The number of benzene rings is 2. The van der Waals surface area contributed by atoms with Gasteiger partial charge in [-0.15, -0.1) is 0 Å². The number of hydrogen-bond acceptors (Lipinski definition) is 4. The molecule has 7 heteroatoms. The maximum absolute atomic E-state index is 12.4. The number of carbonyl (C=O) groups excluding carboxylic acids is 1. The molecule has 0 bridgehead atoms. The molecule has 3 aromatic rings. The van der Waals surface area contributed by atoms with Gasteiger partial charge in [0.15, 0.2) is 18.8 Å². The number of nitrogens with one attached hydrogen (secondary N) is 1. The fourth-order valence-corrected chi connectivity index (χ4v) is 4.56. The van der Waals surface area contributed by atoms with Gasteiger partial charge >= 0.3 is 0 Å². The summed E-state index contributed by atoms with van der Waals surface area (Å²) >= 11 is 8.01. The van der Waals surface area contributed by atoms with Gasteiger partial charge in [-0.3, -0.25) is 4.79 Å². The number of rotatable bonds is 14. The predicted octanol–water partition coefficient (Wildman–Crippen LogP) is 6.80. The van der Waals surface area contributed by atoms with Gasteiger partial charge < -0.3 is 14.8 Å². The van der Waals surface area contributed by atoms with Gasteiger partial charge in [-0.05, 0) is 30.7 Å². The van der Waals surface area contributed by atoms with Crippen molar-refractivity contribution in [2.75, 3.05) is 18.5 Å². The van der Waals surface area contributed by atoms with Crippen LogP contribution < -0.4 is 19.4 Å². The quantitative estimate of drug-likeness (QED) is 0.195. The van der Waals surface area contributed by atoms with Crippen molar-refractivity contribution in [3.05, 3.63) is 69.6 Å². The molecule has 2 aromatic carbocycles. The van der Waals surface area contributed by atoms with E-state index in [1.54, 1.807) is 29.5 Å². The largest absolute Gasteiger partial charge is 0.492 e. The van der Waals surface area contributed by atoms with Crippen LogP contribution in [-0.2, 0) is 11.3 Å². The average Bonchev–Trinajstić information content (AvgIpc) is 3.22. The first kappa shape index (κ1) is 26.0. The van der Waals surface area contributed by atoms with E-state index in [1.807, 2.05) is 24.3 Å². The first-order valence-corrected chi connectivity index (χ1v) is 13.2. The number of thiazole rings is 1. The van der Waals surface area contributed by atoms with E-state index in [4.69, 9.17) is 21.1 Å². The molecule has 0 aliphatic rings. The van der Waals surface area contributed by atoms with Crippen LogP contribution in [0.5, 0.6) is 11.5 Å². The summed E-state index contributed by atoms with van der Waals surface area (Å²) in [5.41, 5.74) is 5.17. The van der Waals surface area contributed by atoms with E-state index in [0.29, 0.717) is 23.1 Å². The van der Waals surface area contributed by atoms with E-state index >= 15 is 0 Å². The first-order valence-electron chi connectivity index (χ1n) is 11.9. The molecule has 5 nitrogen and oxygen atoms in total. The van der Waals surface area contributed by atoms with E-state index in [0.717, 1.165) is 24.2 Å². The molecule has 1 heterocycles. The van der Waals surface area contributed by atoms with Gasteiger partial charge in [-0.2, -0.15) is 4.57 Å². The van der Waals surface area contributed by atoms with Gasteiger partial charge in [0, 0.05) is 24.2 Å². The van der Waals surface area contributed by atoms with Gasteiger partial charge in [0.1, 0.15) is 11.5 Å². The highest BCUT2D eigenvalue weighted by Gasteiger charge is 2.10. The molecular weight excluding hydrogens is 468 g/mol. The Labute approximate surface area is 211 Å². The number of carbonyl (C=O) groups is 1. The molecule has 0 aliphatic carbocycles. The number of unbranched alkanes of at least 4 members (excludes halogenated alkanes) is 5. The lowest BCUT2D eigenvalue weighted by Crippen LogP contribution is -2.34. The fraction of sp³-hybridized carbons (Fsp3) is 0.407. The Kier molecular flexibility index (Phi) is 10.7. The van der Waals surface area contributed by atoms with Gasteiger partial charge in [-0.1, -0.05) is 74.1 Å². The van der Waals surface area contributed by atoms with E-state index in [1.165, 1.54) is 37.8 Å². The summed E-state index contributed by atoms with van der Waals surface area (Å²) in [5.74, 6) is 0.948. The van der Waals surface area contributed by atoms with Gasteiger partial charge in [0.2, 0.25) is 5.51 Å². The molecule has 1 amide bonds. The van der Waals surface area contributed by atoms with Crippen LogP contribution in [0.2, 0.25) is 5.02 Å². The minimum absolute atomic E-state index is 0.100. The molecule has 3 rings (SSSR count). The summed E-state index contributed by atoms with van der Waals surface area (Å²) in [5, 5.41) is 5.50. The second kappa shape index (κ2) is 14.0. The summed E-state index contributed by atoms with van der Waals surface area (Å²) in [6.45, 7) is 5.62. The Hall–Kier alpha value is -2.57. The minimum atomic E-state index is -0.226. The Balaban J connectivity index is 1.42. The third-order valence-electron chi connectivity index (χ3n) is 5.47. The van der Waals surface area contributed by atoms with Crippen LogP contribution in [0, 0.1) is 6.92 Å². The molecule has 0 unspecified atom stereocenters. The number of ether oxygens (including phenoxy) is 2. The van der Waals surface area contributed by atoms with Crippen molar-refractivity contribution in [1.82, 2.24) is 0 Å². The molecule has 182 valence electrons. The van der Waals surface area contributed by atoms with Crippen LogP contribution in [0.25, 0.3) is 0 Å². The zero-order valence-electron chi connectivity index (χ0n) is 20.0. The molecule has 0 fully saturated rings. The summed E-state index contributed by atoms with van der Waals surface area (Å²) in [6, 6.07) is 13.1. The number of hydrogen-bond donors (Lipinski definition) is 1. The molecule has 0 radical (unpaired) electrons. The Morgan fingerprint density at radius 3 is 2.65 bits per heavy atom. The third kappa shape index (κ3) is 8.65. The first-order chi connectivity index (χ1) is 16.5. The van der Waals surface area contributed by atoms with Crippen molar-refractivity contribution in [3.63, 3.8) is 0 Å². The predicted molar refractivity (Wildman–Crippen MR) is 139 cm³/mol. The van der Waals surface area contributed by atoms with Crippen molar-refractivity contribution in [2.45, 2.75) is 58.9 Å². The van der Waals surface area contributed by atoms with Crippen molar-refractivity contribution in [3.8, 4) is 11.5 Å². The summed E-state index contributed by atoms with van der Waals surface area (Å²) < 4.78 is 13.6. The SMILES string of the molecule is CCCCCCCCOc1ccc(OCC(=O)Nc2cccc(C[n+]3cscc3C)c2)cc1Cl. The van der Waals surface area contributed by atoms with Gasteiger partial charge in [0.05, 0.1) is 17.0 Å². The molecule has 0 saturated carbocycles. The molecule has 0 atom stereocenters. The lowest BCUT2D eigenvalue weighted by atomic mass is 10.1. The maximum atomic E-state index is 12.4. The van der Waals surface area contributed by atoms with Crippen LogP contribution in [0.4, 0.5) is 5.69 Å². The minimum Gasteiger partial charge on any atom is -0.492 e. The van der Waals surface area contributed by atoms with Crippen LogP contribution >= 0.6 is 22.9 Å². The van der Waals surface area contributed by atoms with E-state index in [9.17, 15) is 4.79 Å². The van der Waals surface area contributed by atoms with Crippen LogP contribution in [0.15, 0.2) is 53.4 Å².